The summed E-state index contributed by atoms with van der Waals surface area (Å²) in [4.78, 5) is 11.1. The number of carbonyl (C=O) groups excluding carboxylic acids is 1. The second-order valence-corrected chi connectivity index (χ2v) is 3.68. The number of rotatable bonds is 5. The molecule has 2 N–H and O–H groups in total. The molecule has 0 aromatic heterocycles. The summed E-state index contributed by atoms with van der Waals surface area (Å²) in [7, 11) is 1.23. The number of benzene rings is 1. The van der Waals surface area contributed by atoms with Crippen molar-refractivity contribution in [1.29, 1.82) is 0 Å². The number of methoxy groups -OCH3 is 1. The van der Waals surface area contributed by atoms with E-state index in [-0.39, 0.29) is 23.7 Å². The minimum atomic E-state index is -0.753. The van der Waals surface area contributed by atoms with E-state index >= 15 is 0 Å². The number of nitrogens with one attached hydrogen (secondary N) is 1. The van der Waals surface area contributed by atoms with Crippen LogP contribution in [-0.4, -0.2) is 36.7 Å². The highest BCUT2D eigenvalue weighted by molar-refractivity contribution is 6.18. The summed E-state index contributed by atoms with van der Waals surface area (Å²) >= 11 is 5.40. The SMILES string of the molecule is COC(=O)c1ccc(NCC(O)CCl)c(F)c1. The van der Waals surface area contributed by atoms with Crippen LogP contribution in [0, 0.1) is 5.82 Å². The summed E-state index contributed by atoms with van der Waals surface area (Å²) in [6, 6.07) is 3.91. The highest BCUT2D eigenvalue weighted by Gasteiger charge is 2.10. The molecule has 0 heterocycles. The van der Waals surface area contributed by atoms with Gasteiger partial charge >= 0.3 is 5.97 Å². The Bertz CT molecular complexity index is 400. The maximum Gasteiger partial charge on any atom is 0.337 e. The molecule has 4 nitrogen and oxygen atoms in total. The molecule has 0 aliphatic carbocycles. The number of aliphatic hydroxyl groups is 1. The van der Waals surface area contributed by atoms with Crippen LogP contribution in [-0.2, 0) is 4.74 Å². The third-order valence-electron chi connectivity index (χ3n) is 2.10. The van der Waals surface area contributed by atoms with Gasteiger partial charge in [-0.05, 0) is 18.2 Å². The molecular weight excluding hydrogens is 249 g/mol. The number of esters is 1. The summed E-state index contributed by atoms with van der Waals surface area (Å²) < 4.78 is 18.0. The highest BCUT2D eigenvalue weighted by atomic mass is 35.5. The van der Waals surface area contributed by atoms with Gasteiger partial charge in [-0.2, -0.15) is 0 Å². The molecule has 1 aromatic rings. The average Bonchev–Trinajstić information content (AvgIpc) is 2.35. The lowest BCUT2D eigenvalue weighted by Crippen LogP contribution is -2.21. The molecule has 94 valence electrons. The van der Waals surface area contributed by atoms with Crippen LogP contribution in [0.5, 0.6) is 0 Å². The zero-order valence-electron chi connectivity index (χ0n) is 9.24. The predicted octanol–water partition coefficient (Wildman–Crippen LogP) is 1.62. The van der Waals surface area contributed by atoms with Crippen LogP contribution in [0.3, 0.4) is 0 Å². The number of alkyl halides is 1. The molecule has 0 amide bonds. The number of halogens is 2. The minimum Gasteiger partial charge on any atom is -0.465 e. The molecule has 0 spiro atoms. The number of carbonyl (C=O) groups is 1. The molecule has 0 aliphatic rings. The number of hydrogen-bond acceptors (Lipinski definition) is 4. The Morgan fingerprint density at radius 3 is 2.88 bits per heavy atom. The van der Waals surface area contributed by atoms with Gasteiger partial charge in [-0.1, -0.05) is 0 Å². The van der Waals surface area contributed by atoms with Crippen LogP contribution in [0.2, 0.25) is 0 Å². The van der Waals surface area contributed by atoms with Crippen molar-refractivity contribution in [1.82, 2.24) is 0 Å². The van der Waals surface area contributed by atoms with E-state index < -0.39 is 17.9 Å². The highest BCUT2D eigenvalue weighted by Crippen LogP contribution is 2.16. The topological polar surface area (TPSA) is 58.6 Å². The molecule has 0 saturated heterocycles. The Labute approximate surface area is 103 Å². The van der Waals surface area contributed by atoms with Gasteiger partial charge in [0.1, 0.15) is 5.82 Å². The molecule has 1 rings (SSSR count). The molecule has 17 heavy (non-hydrogen) atoms. The van der Waals surface area contributed by atoms with E-state index in [2.05, 4.69) is 10.1 Å². The standard InChI is InChI=1S/C11H13ClFNO3/c1-17-11(16)7-2-3-10(9(13)4-7)14-6-8(15)5-12/h2-4,8,14-15H,5-6H2,1H3. The number of anilines is 1. The fraction of sp³-hybridized carbons (Fsp3) is 0.364. The molecule has 1 atom stereocenters. The Hall–Kier alpha value is -1.33. The summed E-state index contributed by atoms with van der Waals surface area (Å²) in [5, 5.41) is 11.9. The van der Waals surface area contributed by atoms with Crippen molar-refractivity contribution in [2.45, 2.75) is 6.10 Å². The van der Waals surface area contributed by atoms with Crippen LogP contribution in [0.25, 0.3) is 0 Å². The maximum absolute atomic E-state index is 13.5. The fourth-order valence-corrected chi connectivity index (χ4v) is 1.29. The molecule has 0 saturated carbocycles. The number of ether oxygens (including phenoxy) is 1. The van der Waals surface area contributed by atoms with E-state index in [0.717, 1.165) is 6.07 Å². The monoisotopic (exact) mass is 261 g/mol. The zero-order chi connectivity index (χ0) is 12.8. The van der Waals surface area contributed by atoms with Gasteiger partial charge in [0.25, 0.3) is 0 Å². The van der Waals surface area contributed by atoms with Gasteiger partial charge in [0.05, 0.1) is 30.3 Å². The molecular formula is C11H13ClFNO3. The smallest absolute Gasteiger partial charge is 0.337 e. The van der Waals surface area contributed by atoms with Gasteiger partial charge in [-0.25, -0.2) is 9.18 Å². The van der Waals surface area contributed by atoms with Crippen molar-refractivity contribution in [2.24, 2.45) is 0 Å². The molecule has 1 aromatic carbocycles. The Balaban J connectivity index is 2.73. The van der Waals surface area contributed by atoms with Gasteiger partial charge in [0.15, 0.2) is 0 Å². The Kier molecular flexibility index (Phi) is 5.18. The van der Waals surface area contributed by atoms with E-state index in [1.165, 1.54) is 19.2 Å². The molecule has 0 aliphatic heterocycles. The normalized spacial score (nSPS) is 12.0. The van der Waals surface area contributed by atoms with Crippen molar-refractivity contribution in [3.63, 3.8) is 0 Å². The molecule has 1 unspecified atom stereocenters. The van der Waals surface area contributed by atoms with Gasteiger partial charge in [-0.3, -0.25) is 0 Å². The first-order valence-corrected chi connectivity index (χ1v) is 5.47. The van der Waals surface area contributed by atoms with Gasteiger partial charge in [-0.15, -0.1) is 11.6 Å². The second-order valence-electron chi connectivity index (χ2n) is 3.38. The minimum absolute atomic E-state index is 0.0643. The summed E-state index contributed by atoms with van der Waals surface area (Å²) in [6.07, 6.45) is -0.753. The first-order chi connectivity index (χ1) is 8.08. The summed E-state index contributed by atoms with van der Waals surface area (Å²) in [5.74, 6) is -1.12. The predicted molar refractivity (Wildman–Crippen MR) is 63.0 cm³/mol. The van der Waals surface area contributed by atoms with Crippen molar-refractivity contribution < 1.29 is 19.0 Å². The Morgan fingerprint density at radius 1 is 1.65 bits per heavy atom. The van der Waals surface area contributed by atoms with E-state index in [0.29, 0.717) is 0 Å². The molecule has 6 heteroatoms. The van der Waals surface area contributed by atoms with Crippen molar-refractivity contribution in [3.8, 4) is 0 Å². The van der Waals surface area contributed by atoms with E-state index in [1.807, 2.05) is 0 Å². The second kappa shape index (κ2) is 6.42. The third kappa shape index (κ3) is 3.87. The van der Waals surface area contributed by atoms with Gasteiger partial charge in [0.2, 0.25) is 0 Å². The van der Waals surface area contributed by atoms with Crippen molar-refractivity contribution >= 4 is 23.3 Å². The Morgan fingerprint density at radius 2 is 2.35 bits per heavy atom. The van der Waals surface area contributed by atoms with Gasteiger partial charge in [0, 0.05) is 6.54 Å². The first kappa shape index (κ1) is 13.7. The molecule has 0 fully saturated rings. The summed E-state index contributed by atoms with van der Waals surface area (Å²) in [5.41, 5.74) is 0.329. The third-order valence-corrected chi connectivity index (χ3v) is 2.45. The van der Waals surface area contributed by atoms with Crippen molar-refractivity contribution in [3.05, 3.63) is 29.6 Å². The van der Waals surface area contributed by atoms with Crippen LogP contribution in [0.4, 0.5) is 10.1 Å². The lowest BCUT2D eigenvalue weighted by atomic mass is 10.2. The summed E-state index contributed by atoms with van der Waals surface area (Å²) in [6.45, 7) is 0.137. The van der Waals surface area contributed by atoms with E-state index in [9.17, 15) is 14.3 Å². The average molecular weight is 262 g/mol. The van der Waals surface area contributed by atoms with Crippen LogP contribution in [0.15, 0.2) is 18.2 Å². The van der Waals surface area contributed by atoms with E-state index in [4.69, 9.17) is 11.6 Å². The van der Waals surface area contributed by atoms with Crippen LogP contribution in [0.1, 0.15) is 10.4 Å². The zero-order valence-corrected chi connectivity index (χ0v) is 10.00. The lowest BCUT2D eigenvalue weighted by molar-refractivity contribution is 0.0600. The first-order valence-electron chi connectivity index (χ1n) is 4.94. The molecule has 0 radical (unpaired) electrons. The van der Waals surface area contributed by atoms with Gasteiger partial charge < -0.3 is 15.2 Å². The number of hydrogen-bond donors (Lipinski definition) is 2. The largest absolute Gasteiger partial charge is 0.465 e. The maximum atomic E-state index is 13.5. The quantitative estimate of drug-likeness (QED) is 0.625. The van der Waals surface area contributed by atoms with Crippen molar-refractivity contribution in [2.75, 3.05) is 24.9 Å². The fourth-order valence-electron chi connectivity index (χ4n) is 1.19. The van der Waals surface area contributed by atoms with Crippen LogP contribution >= 0.6 is 11.6 Å². The van der Waals surface area contributed by atoms with Crippen LogP contribution < -0.4 is 5.32 Å². The number of aliphatic hydroxyl groups excluding tert-OH is 1. The lowest BCUT2D eigenvalue weighted by Gasteiger charge is -2.11. The van der Waals surface area contributed by atoms with E-state index in [1.54, 1.807) is 0 Å². The molecule has 0 bridgehead atoms.